The summed E-state index contributed by atoms with van der Waals surface area (Å²) in [6, 6.07) is 5.41. The summed E-state index contributed by atoms with van der Waals surface area (Å²) < 4.78 is 0. The minimum absolute atomic E-state index is 0.321. The number of anilines is 1. The van der Waals surface area contributed by atoms with E-state index in [-0.39, 0.29) is 0 Å². The van der Waals surface area contributed by atoms with Gasteiger partial charge in [-0.1, -0.05) is 49.2 Å². The van der Waals surface area contributed by atoms with Crippen molar-refractivity contribution in [1.29, 1.82) is 0 Å². The number of benzene rings is 1. The fourth-order valence-corrected chi connectivity index (χ4v) is 3.95. The fraction of sp³-hybridized carbons (Fsp3) is 0.450. The van der Waals surface area contributed by atoms with Gasteiger partial charge < -0.3 is 10.0 Å². The molecule has 2 N–H and O–H groups in total. The predicted molar refractivity (Wildman–Crippen MR) is 113 cm³/mol. The fourth-order valence-electron chi connectivity index (χ4n) is 3.56. The minimum Gasteiger partial charge on any atom is -0.387 e. The zero-order chi connectivity index (χ0) is 20.1. The predicted octanol–water partition coefficient (Wildman–Crippen LogP) is 5.01. The van der Waals surface area contributed by atoms with Crippen LogP contribution in [0.4, 0.5) is 5.82 Å². The summed E-state index contributed by atoms with van der Waals surface area (Å²) in [4.78, 5) is 11.7. The van der Waals surface area contributed by atoms with E-state index in [0.717, 1.165) is 25.9 Å². The van der Waals surface area contributed by atoms with Gasteiger partial charge in [-0.3, -0.25) is 5.10 Å². The van der Waals surface area contributed by atoms with E-state index in [1.54, 1.807) is 13.0 Å². The van der Waals surface area contributed by atoms with Crippen LogP contribution in [-0.4, -0.2) is 38.4 Å². The molecule has 1 saturated heterocycles. The van der Waals surface area contributed by atoms with Crippen LogP contribution in [0.2, 0.25) is 10.0 Å². The number of aromatic nitrogens is 4. The van der Waals surface area contributed by atoms with E-state index in [1.165, 1.54) is 0 Å². The van der Waals surface area contributed by atoms with Crippen molar-refractivity contribution < 1.29 is 5.11 Å². The number of fused-ring (bicyclic) bond motifs is 1. The summed E-state index contributed by atoms with van der Waals surface area (Å²) >= 11 is 12.5. The number of nitrogens with zero attached hydrogens (tertiary/aromatic N) is 4. The molecule has 0 saturated carbocycles. The summed E-state index contributed by atoms with van der Waals surface area (Å²) in [5, 5.41) is 18.6. The van der Waals surface area contributed by atoms with Crippen molar-refractivity contribution >= 4 is 40.2 Å². The van der Waals surface area contributed by atoms with Crippen LogP contribution in [0.3, 0.4) is 0 Å². The molecule has 1 atom stereocenters. The standard InChI is InChI=1S/C20H23Cl2N5O/c1-11(28)15-19(27-9-7-20(2,3)8-10-27)24-18-17(23-15)16(25-26-18)12-5-4-6-13(21)14(12)22/h4-6,11,28H,7-10H2,1-3H3,(H,24,25,26). The third kappa shape index (κ3) is 3.45. The molecule has 2 aromatic heterocycles. The SMILES string of the molecule is CC(O)c1nc2c(-c3cccc(Cl)c3Cl)[nH]nc2nc1N1CCC(C)(C)CC1. The molecule has 1 fully saturated rings. The van der Waals surface area contributed by atoms with E-state index in [1.807, 2.05) is 12.1 Å². The first-order valence-corrected chi connectivity index (χ1v) is 10.2. The summed E-state index contributed by atoms with van der Waals surface area (Å²) in [5.41, 5.74) is 3.28. The van der Waals surface area contributed by atoms with Gasteiger partial charge in [0, 0.05) is 18.7 Å². The molecule has 6 nitrogen and oxygen atoms in total. The molecule has 0 spiro atoms. The number of hydrogen-bond donors (Lipinski definition) is 2. The largest absolute Gasteiger partial charge is 0.387 e. The smallest absolute Gasteiger partial charge is 0.202 e. The van der Waals surface area contributed by atoms with Crippen molar-refractivity contribution in [2.24, 2.45) is 5.41 Å². The Balaban J connectivity index is 1.82. The number of hydrogen-bond acceptors (Lipinski definition) is 5. The first-order valence-electron chi connectivity index (χ1n) is 9.40. The van der Waals surface area contributed by atoms with Crippen molar-refractivity contribution in [3.63, 3.8) is 0 Å². The molecular formula is C20H23Cl2N5O. The number of halogens is 2. The Bertz CT molecular complexity index is 1020. The third-order valence-electron chi connectivity index (χ3n) is 5.43. The second-order valence-corrected chi connectivity index (χ2v) is 8.92. The Morgan fingerprint density at radius 3 is 2.57 bits per heavy atom. The highest BCUT2D eigenvalue weighted by atomic mass is 35.5. The van der Waals surface area contributed by atoms with Crippen LogP contribution in [0.5, 0.6) is 0 Å². The summed E-state index contributed by atoms with van der Waals surface area (Å²) in [6.07, 6.45) is 1.38. The average Bonchev–Trinajstić information content (AvgIpc) is 3.06. The molecule has 28 heavy (non-hydrogen) atoms. The highest BCUT2D eigenvalue weighted by Crippen LogP contribution is 2.38. The van der Waals surface area contributed by atoms with Gasteiger partial charge in [0.2, 0.25) is 5.65 Å². The van der Waals surface area contributed by atoms with Crippen LogP contribution < -0.4 is 4.90 Å². The van der Waals surface area contributed by atoms with Crippen LogP contribution in [0, 0.1) is 5.41 Å². The third-order valence-corrected chi connectivity index (χ3v) is 6.25. The molecule has 1 aliphatic rings. The Hall–Kier alpha value is -1.89. The van der Waals surface area contributed by atoms with E-state index in [4.69, 9.17) is 33.2 Å². The van der Waals surface area contributed by atoms with Crippen LogP contribution in [0.25, 0.3) is 22.4 Å². The molecule has 4 rings (SSSR count). The van der Waals surface area contributed by atoms with E-state index in [2.05, 4.69) is 28.9 Å². The van der Waals surface area contributed by atoms with Crippen LogP contribution in [-0.2, 0) is 0 Å². The minimum atomic E-state index is -0.751. The molecule has 0 radical (unpaired) electrons. The lowest BCUT2D eigenvalue weighted by Crippen LogP contribution is -2.38. The first kappa shape index (κ1) is 19.4. The summed E-state index contributed by atoms with van der Waals surface area (Å²) in [5.74, 6) is 0.702. The number of nitrogens with one attached hydrogen (secondary N) is 1. The van der Waals surface area contributed by atoms with Gasteiger partial charge in [0.25, 0.3) is 0 Å². The highest BCUT2D eigenvalue weighted by molar-refractivity contribution is 6.43. The lowest BCUT2D eigenvalue weighted by molar-refractivity contribution is 0.194. The van der Waals surface area contributed by atoms with Gasteiger partial charge in [0.05, 0.1) is 21.8 Å². The van der Waals surface area contributed by atoms with E-state index in [9.17, 15) is 5.11 Å². The Morgan fingerprint density at radius 1 is 1.18 bits per heavy atom. The molecule has 1 aromatic carbocycles. The maximum absolute atomic E-state index is 10.4. The van der Waals surface area contributed by atoms with Gasteiger partial charge in [-0.15, -0.1) is 0 Å². The van der Waals surface area contributed by atoms with Crippen LogP contribution in [0.1, 0.15) is 45.4 Å². The number of H-pyrrole nitrogens is 1. The first-order chi connectivity index (χ1) is 13.3. The Labute approximate surface area is 173 Å². The van der Waals surface area contributed by atoms with Gasteiger partial charge in [-0.25, -0.2) is 9.97 Å². The summed E-state index contributed by atoms with van der Waals surface area (Å²) in [7, 11) is 0. The van der Waals surface area contributed by atoms with Gasteiger partial charge >= 0.3 is 0 Å². The number of rotatable bonds is 3. The van der Waals surface area contributed by atoms with Crippen molar-refractivity contribution in [2.45, 2.75) is 39.7 Å². The number of aliphatic hydroxyl groups is 1. The van der Waals surface area contributed by atoms with Crippen LogP contribution in [0.15, 0.2) is 18.2 Å². The summed E-state index contributed by atoms with van der Waals surface area (Å²) in [6.45, 7) is 8.03. The number of aromatic amines is 1. The second kappa shape index (κ2) is 7.17. The number of aliphatic hydroxyl groups excluding tert-OH is 1. The monoisotopic (exact) mass is 419 g/mol. The normalized spacial score (nSPS) is 17.9. The molecule has 0 bridgehead atoms. The average molecular weight is 420 g/mol. The van der Waals surface area contributed by atoms with E-state index in [0.29, 0.717) is 49.4 Å². The Morgan fingerprint density at radius 2 is 1.89 bits per heavy atom. The quantitative estimate of drug-likeness (QED) is 0.623. The van der Waals surface area contributed by atoms with Gasteiger partial charge in [-0.2, -0.15) is 5.10 Å². The highest BCUT2D eigenvalue weighted by Gasteiger charge is 2.29. The molecule has 3 heterocycles. The van der Waals surface area contributed by atoms with Gasteiger partial charge in [0.15, 0.2) is 5.82 Å². The molecule has 148 valence electrons. The number of piperidine rings is 1. The lowest BCUT2D eigenvalue weighted by Gasteiger charge is -2.38. The molecule has 0 aliphatic carbocycles. The van der Waals surface area contributed by atoms with E-state index >= 15 is 0 Å². The van der Waals surface area contributed by atoms with Crippen molar-refractivity contribution in [1.82, 2.24) is 20.2 Å². The second-order valence-electron chi connectivity index (χ2n) is 8.13. The zero-order valence-corrected chi connectivity index (χ0v) is 17.6. The zero-order valence-electron chi connectivity index (χ0n) is 16.1. The van der Waals surface area contributed by atoms with Crippen molar-refractivity contribution in [3.8, 4) is 11.3 Å². The van der Waals surface area contributed by atoms with E-state index < -0.39 is 6.10 Å². The van der Waals surface area contributed by atoms with Gasteiger partial charge in [0.1, 0.15) is 11.2 Å². The molecule has 1 aliphatic heterocycles. The molecule has 8 heteroatoms. The molecule has 0 amide bonds. The molecule has 3 aromatic rings. The molecular weight excluding hydrogens is 397 g/mol. The maximum atomic E-state index is 10.4. The topological polar surface area (TPSA) is 77.9 Å². The van der Waals surface area contributed by atoms with Crippen molar-refractivity contribution in [2.75, 3.05) is 18.0 Å². The van der Waals surface area contributed by atoms with Crippen molar-refractivity contribution in [3.05, 3.63) is 33.9 Å². The lowest BCUT2D eigenvalue weighted by atomic mass is 9.82. The van der Waals surface area contributed by atoms with Gasteiger partial charge in [-0.05, 0) is 31.2 Å². The van der Waals surface area contributed by atoms with Crippen LogP contribution >= 0.6 is 23.2 Å². The molecule has 1 unspecified atom stereocenters. The maximum Gasteiger partial charge on any atom is 0.202 e. The Kier molecular flexibility index (Phi) is 4.98.